The smallest absolute Gasteiger partial charge is 0.326 e. The lowest BCUT2D eigenvalue weighted by atomic mass is 10.1. The lowest BCUT2D eigenvalue weighted by Crippen LogP contribution is -2.60. The number of aliphatic hydroxyl groups is 2. The van der Waals surface area contributed by atoms with Crippen molar-refractivity contribution >= 4 is 29.7 Å². The Balaban J connectivity index is 5.14. The highest BCUT2D eigenvalue weighted by Gasteiger charge is 2.32. The highest BCUT2D eigenvalue weighted by Crippen LogP contribution is 2.02. The first-order valence-electron chi connectivity index (χ1n) is 8.30. The Labute approximate surface area is 160 Å². The minimum Gasteiger partial charge on any atom is -0.481 e. The molecule has 0 bridgehead atoms. The van der Waals surface area contributed by atoms with Gasteiger partial charge in [0.05, 0.1) is 18.8 Å². The fourth-order valence-electron chi connectivity index (χ4n) is 1.94. The molecule has 5 atom stereocenters. The quantitative estimate of drug-likeness (QED) is 0.157. The number of nitrogens with one attached hydrogen (secondary N) is 3. The summed E-state index contributed by atoms with van der Waals surface area (Å²) in [6.07, 6.45) is -2.42. The number of carboxylic acid groups (broad SMARTS) is 2. The molecular weight excluding hydrogens is 380 g/mol. The molecule has 5 unspecified atom stereocenters. The van der Waals surface area contributed by atoms with Crippen molar-refractivity contribution < 1.29 is 44.4 Å². The molecule has 0 rings (SSSR count). The van der Waals surface area contributed by atoms with Crippen LogP contribution in [0.25, 0.3) is 0 Å². The maximum Gasteiger partial charge on any atom is 0.326 e. The molecule has 3 amide bonds. The van der Waals surface area contributed by atoms with Crippen molar-refractivity contribution in [2.75, 3.05) is 6.61 Å². The number of carbonyl (C=O) groups excluding carboxylic acids is 3. The Morgan fingerprint density at radius 1 is 0.893 bits per heavy atom. The third kappa shape index (κ3) is 8.75. The van der Waals surface area contributed by atoms with Crippen molar-refractivity contribution in [3.8, 4) is 0 Å². The summed E-state index contributed by atoms with van der Waals surface area (Å²) < 4.78 is 0. The Bertz CT molecular complexity index is 594. The van der Waals surface area contributed by atoms with Crippen LogP contribution in [0.15, 0.2) is 0 Å². The van der Waals surface area contributed by atoms with Gasteiger partial charge in [0.25, 0.3) is 0 Å². The number of hydrogen-bond acceptors (Lipinski definition) is 8. The van der Waals surface area contributed by atoms with E-state index in [1.807, 2.05) is 5.32 Å². The topological polar surface area (TPSA) is 228 Å². The minimum absolute atomic E-state index is 0.416. The Morgan fingerprint density at radius 2 is 1.43 bits per heavy atom. The van der Waals surface area contributed by atoms with Crippen LogP contribution in [0, 0.1) is 0 Å². The highest BCUT2D eigenvalue weighted by atomic mass is 16.4. The fraction of sp³-hybridized carbons (Fsp3) is 0.667. The molecule has 0 aliphatic rings. The number of aliphatic carboxylic acids is 2. The van der Waals surface area contributed by atoms with Gasteiger partial charge in [0, 0.05) is 6.42 Å². The van der Waals surface area contributed by atoms with Gasteiger partial charge in [-0.2, -0.15) is 0 Å². The van der Waals surface area contributed by atoms with E-state index in [-0.39, 0.29) is 0 Å². The van der Waals surface area contributed by atoms with Crippen LogP contribution in [-0.4, -0.2) is 87.0 Å². The average molecular weight is 406 g/mol. The monoisotopic (exact) mass is 406 g/mol. The molecule has 0 heterocycles. The van der Waals surface area contributed by atoms with E-state index in [0.29, 0.717) is 0 Å². The molecule has 0 aromatic rings. The number of hydrogen-bond donors (Lipinski definition) is 8. The summed E-state index contributed by atoms with van der Waals surface area (Å²) in [5, 5.41) is 42.9. The van der Waals surface area contributed by atoms with Gasteiger partial charge >= 0.3 is 11.9 Å². The number of amides is 3. The van der Waals surface area contributed by atoms with Gasteiger partial charge in [0.15, 0.2) is 0 Å². The zero-order chi connectivity index (χ0) is 22.0. The maximum absolute atomic E-state index is 12.3. The summed E-state index contributed by atoms with van der Waals surface area (Å²) in [5.41, 5.74) is 5.34. The van der Waals surface area contributed by atoms with Crippen molar-refractivity contribution in [3.63, 3.8) is 0 Å². The van der Waals surface area contributed by atoms with Crippen LogP contribution >= 0.6 is 0 Å². The van der Waals surface area contributed by atoms with Gasteiger partial charge in [0.2, 0.25) is 17.7 Å². The van der Waals surface area contributed by atoms with E-state index >= 15 is 0 Å². The lowest BCUT2D eigenvalue weighted by Gasteiger charge is -2.25. The van der Waals surface area contributed by atoms with Gasteiger partial charge in [-0.25, -0.2) is 4.79 Å². The van der Waals surface area contributed by atoms with E-state index in [1.165, 1.54) is 6.92 Å². The first-order chi connectivity index (χ1) is 12.9. The third-order valence-corrected chi connectivity index (χ3v) is 3.55. The van der Waals surface area contributed by atoms with Gasteiger partial charge in [-0.15, -0.1) is 0 Å². The van der Waals surface area contributed by atoms with Gasteiger partial charge in [-0.05, 0) is 20.3 Å². The molecular formula is C15H26N4O9. The molecule has 13 nitrogen and oxygen atoms in total. The first kappa shape index (κ1) is 25.2. The highest BCUT2D eigenvalue weighted by molar-refractivity contribution is 5.94. The second kappa shape index (κ2) is 11.8. The summed E-state index contributed by atoms with van der Waals surface area (Å²) in [6.45, 7) is 1.66. The Hall–Kier alpha value is -2.77. The van der Waals surface area contributed by atoms with Crippen LogP contribution in [0.5, 0.6) is 0 Å². The molecule has 0 fully saturated rings. The second-order valence-corrected chi connectivity index (χ2v) is 6.09. The molecule has 13 heteroatoms. The number of rotatable bonds is 12. The van der Waals surface area contributed by atoms with Crippen molar-refractivity contribution in [3.05, 3.63) is 0 Å². The number of carbonyl (C=O) groups is 5. The van der Waals surface area contributed by atoms with Crippen LogP contribution in [0.4, 0.5) is 0 Å². The van der Waals surface area contributed by atoms with E-state index in [4.69, 9.17) is 15.9 Å². The minimum atomic E-state index is -1.62. The predicted octanol–water partition coefficient (Wildman–Crippen LogP) is -3.89. The van der Waals surface area contributed by atoms with Crippen LogP contribution in [0.2, 0.25) is 0 Å². The van der Waals surface area contributed by atoms with Crippen molar-refractivity contribution in [2.45, 2.75) is 57.0 Å². The summed E-state index contributed by atoms with van der Waals surface area (Å²) >= 11 is 0. The maximum atomic E-state index is 12.3. The summed E-state index contributed by atoms with van der Waals surface area (Å²) in [6, 6.07) is -5.62. The van der Waals surface area contributed by atoms with Gasteiger partial charge in [0.1, 0.15) is 18.1 Å². The van der Waals surface area contributed by atoms with Gasteiger partial charge in [-0.3, -0.25) is 19.2 Å². The lowest BCUT2D eigenvalue weighted by molar-refractivity contribution is -0.144. The zero-order valence-electron chi connectivity index (χ0n) is 15.4. The number of nitrogens with two attached hydrogens (primary N) is 1. The van der Waals surface area contributed by atoms with Crippen molar-refractivity contribution in [2.24, 2.45) is 5.73 Å². The number of aliphatic hydroxyl groups excluding tert-OH is 2. The molecule has 9 N–H and O–H groups in total. The first-order valence-corrected chi connectivity index (χ1v) is 8.30. The van der Waals surface area contributed by atoms with Gasteiger partial charge in [-0.1, -0.05) is 0 Å². The Morgan fingerprint density at radius 3 is 1.82 bits per heavy atom. The van der Waals surface area contributed by atoms with Crippen LogP contribution in [-0.2, 0) is 24.0 Å². The molecule has 0 radical (unpaired) electrons. The van der Waals surface area contributed by atoms with E-state index in [2.05, 4.69) is 10.6 Å². The molecule has 0 saturated heterocycles. The van der Waals surface area contributed by atoms with Crippen molar-refractivity contribution in [1.29, 1.82) is 0 Å². The zero-order valence-corrected chi connectivity index (χ0v) is 15.4. The van der Waals surface area contributed by atoms with E-state index in [0.717, 1.165) is 6.92 Å². The SMILES string of the molecule is CC(N)C(=O)NC(CO)C(=O)NC(C(=O)NC(CCC(=O)O)C(=O)O)C(C)O. The molecule has 160 valence electrons. The van der Waals surface area contributed by atoms with Crippen LogP contribution in [0.3, 0.4) is 0 Å². The Kier molecular flexibility index (Phi) is 10.7. The largest absolute Gasteiger partial charge is 0.481 e. The molecule has 0 aliphatic carbocycles. The predicted molar refractivity (Wildman–Crippen MR) is 92.7 cm³/mol. The summed E-state index contributed by atoms with van der Waals surface area (Å²) in [7, 11) is 0. The fourth-order valence-corrected chi connectivity index (χ4v) is 1.94. The molecule has 28 heavy (non-hydrogen) atoms. The molecule has 0 aromatic carbocycles. The molecule has 0 aliphatic heterocycles. The van der Waals surface area contributed by atoms with Crippen molar-refractivity contribution in [1.82, 2.24) is 16.0 Å². The standard InChI is InChI=1S/C15H26N4O9/c1-6(16)12(24)18-9(5-20)13(25)19-11(7(2)21)14(26)17-8(15(27)28)3-4-10(22)23/h6-9,11,20-21H,3-5,16H2,1-2H3,(H,17,26)(H,18,24)(H,19,25)(H,22,23)(H,27,28). The van der Waals surface area contributed by atoms with E-state index in [1.54, 1.807) is 0 Å². The van der Waals surface area contributed by atoms with E-state index in [9.17, 15) is 34.2 Å². The van der Waals surface area contributed by atoms with Crippen LogP contribution < -0.4 is 21.7 Å². The third-order valence-electron chi connectivity index (χ3n) is 3.55. The van der Waals surface area contributed by atoms with Gasteiger partial charge < -0.3 is 42.1 Å². The van der Waals surface area contributed by atoms with E-state index < -0.39 is 79.4 Å². The molecule has 0 spiro atoms. The van der Waals surface area contributed by atoms with Crippen LogP contribution in [0.1, 0.15) is 26.7 Å². The number of carboxylic acids is 2. The molecule has 0 saturated carbocycles. The summed E-state index contributed by atoms with van der Waals surface area (Å²) in [4.78, 5) is 57.7. The second-order valence-electron chi connectivity index (χ2n) is 6.09. The summed E-state index contributed by atoms with van der Waals surface area (Å²) in [5.74, 6) is -5.61. The average Bonchev–Trinajstić information content (AvgIpc) is 2.59. The normalized spacial score (nSPS) is 16.0. The molecule has 0 aromatic heterocycles.